The van der Waals surface area contributed by atoms with Crippen molar-refractivity contribution in [2.24, 2.45) is 0 Å². The maximum atomic E-state index is 12.2. The Morgan fingerprint density at radius 3 is 2.43 bits per heavy atom. The summed E-state index contributed by atoms with van der Waals surface area (Å²) < 4.78 is 0. The van der Waals surface area contributed by atoms with Crippen LogP contribution in [0.1, 0.15) is 16.1 Å². The minimum absolute atomic E-state index is 0.0972. The van der Waals surface area contributed by atoms with E-state index in [0.717, 1.165) is 29.5 Å². The van der Waals surface area contributed by atoms with Crippen LogP contribution in [0.15, 0.2) is 30.3 Å². The van der Waals surface area contributed by atoms with Crippen molar-refractivity contribution in [3.8, 4) is 11.8 Å². The number of aryl methyl sites for hydroxylation is 2. The summed E-state index contributed by atoms with van der Waals surface area (Å²) in [5.74, 6) is 5.58. The Morgan fingerprint density at radius 1 is 1.13 bits per heavy atom. The molecule has 0 radical (unpaired) electrons. The van der Waals surface area contributed by atoms with E-state index < -0.39 is 0 Å². The van der Waals surface area contributed by atoms with Crippen molar-refractivity contribution in [2.75, 3.05) is 31.1 Å². The summed E-state index contributed by atoms with van der Waals surface area (Å²) in [7, 11) is 0. The molecule has 0 saturated carbocycles. The van der Waals surface area contributed by atoms with Gasteiger partial charge in [-0.2, -0.15) is 0 Å². The first-order chi connectivity index (χ1) is 11.1. The lowest BCUT2D eigenvalue weighted by Crippen LogP contribution is -2.48. The monoisotopic (exact) mass is 325 g/mol. The topological polar surface area (TPSA) is 36.4 Å². The van der Waals surface area contributed by atoms with Gasteiger partial charge in [-0.25, -0.2) is 4.98 Å². The molecule has 5 heteroatoms. The maximum Gasteiger partial charge on any atom is 0.298 e. The highest BCUT2D eigenvalue weighted by molar-refractivity contribution is 7.15. The normalized spacial score (nSPS) is 14.3. The van der Waals surface area contributed by atoms with E-state index >= 15 is 0 Å². The molecule has 0 spiro atoms. The van der Waals surface area contributed by atoms with Crippen LogP contribution in [-0.2, 0) is 4.79 Å². The van der Waals surface area contributed by atoms with Crippen LogP contribution >= 0.6 is 11.3 Å². The minimum atomic E-state index is -0.0972. The molecule has 3 rings (SSSR count). The van der Waals surface area contributed by atoms with Gasteiger partial charge in [-0.3, -0.25) is 4.79 Å². The van der Waals surface area contributed by atoms with Gasteiger partial charge in [-0.15, -0.1) is 11.3 Å². The van der Waals surface area contributed by atoms with E-state index in [1.807, 2.05) is 42.2 Å². The summed E-state index contributed by atoms with van der Waals surface area (Å²) in [4.78, 5) is 22.1. The summed E-state index contributed by atoms with van der Waals surface area (Å²) >= 11 is 1.72. The van der Waals surface area contributed by atoms with Gasteiger partial charge in [0.25, 0.3) is 5.91 Å². The average molecular weight is 325 g/mol. The van der Waals surface area contributed by atoms with Crippen molar-refractivity contribution >= 4 is 22.4 Å². The number of carbonyl (C=O) groups excluding carboxylic acids is 1. The van der Waals surface area contributed by atoms with Crippen LogP contribution in [0.3, 0.4) is 0 Å². The zero-order valence-corrected chi connectivity index (χ0v) is 14.2. The zero-order valence-electron chi connectivity index (χ0n) is 13.4. The smallest absolute Gasteiger partial charge is 0.298 e. The molecule has 2 heterocycles. The van der Waals surface area contributed by atoms with E-state index in [9.17, 15) is 4.79 Å². The van der Waals surface area contributed by atoms with Gasteiger partial charge in [-0.05, 0) is 26.0 Å². The Hall–Kier alpha value is -2.32. The van der Waals surface area contributed by atoms with Crippen molar-refractivity contribution in [1.29, 1.82) is 0 Å². The van der Waals surface area contributed by atoms with Gasteiger partial charge in [0, 0.05) is 42.5 Å². The number of nitrogens with zero attached hydrogens (tertiary/aromatic N) is 3. The molecule has 1 aromatic heterocycles. The van der Waals surface area contributed by atoms with Crippen molar-refractivity contribution in [1.82, 2.24) is 9.88 Å². The Bertz CT molecular complexity index is 730. The Balaban J connectivity index is 1.58. The molecule has 1 fully saturated rings. The second-order valence-corrected chi connectivity index (χ2v) is 6.71. The molecule has 4 nitrogen and oxygen atoms in total. The third-order valence-corrected chi connectivity index (χ3v) is 5.08. The first kappa shape index (κ1) is 15.6. The molecule has 118 valence electrons. The van der Waals surface area contributed by atoms with Crippen LogP contribution in [0, 0.1) is 25.7 Å². The minimum Gasteiger partial charge on any atom is -0.345 e. The number of amides is 1. The summed E-state index contributed by atoms with van der Waals surface area (Å²) in [5, 5.41) is 1.06. The highest BCUT2D eigenvalue weighted by Crippen LogP contribution is 2.25. The van der Waals surface area contributed by atoms with E-state index in [1.54, 1.807) is 11.3 Å². The summed E-state index contributed by atoms with van der Waals surface area (Å²) in [6, 6.07) is 9.60. The standard InChI is InChI=1S/C18H19N3OS/c1-14-15(2)23-18(19-14)21-12-10-20(11-13-21)17(22)9-8-16-6-4-3-5-7-16/h3-7H,10-13H2,1-2H3. The van der Waals surface area contributed by atoms with E-state index in [4.69, 9.17) is 0 Å². The largest absolute Gasteiger partial charge is 0.345 e. The number of hydrogen-bond donors (Lipinski definition) is 0. The van der Waals surface area contributed by atoms with Crippen LogP contribution in [0.25, 0.3) is 0 Å². The predicted molar refractivity (Wildman–Crippen MR) is 93.7 cm³/mol. The molecule has 1 aromatic carbocycles. The molecule has 0 aliphatic carbocycles. The molecule has 1 saturated heterocycles. The number of rotatable bonds is 1. The van der Waals surface area contributed by atoms with Crippen LogP contribution in [0.2, 0.25) is 0 Å². The van der Waals surface area contributed by atoms with Gasteiger partial charge < -0.3 is 9.80 Å². The number of thiazole rings is 1. The SMILES string of the molecule is Cc1nc(N2CCN(C(=O)C#Cc3ccccc3)CC2)sc1C. The van der Waals surface area contributed by atoms with Crippen molar-refractivity contribution in [3.63, 3.8) is 0 Å². The second kappa shape index (κ2) is 6.84. The molecule has 2 aromatic rings. The van der Waals surface area contributed by atoms with E-state index in [0.29, 0.717) is 13.1 Å². The van der Waals surface area contributed by atoms with Crippen LogP contribution in [-0.4, -0.2) is 42.0 Å². The number of piperazine rings is 1. The summed E-state index contributed by atoms with van der Waals surface area (Å²) in [6.07, 6.45) is 0. The fourth-order valence-corrected chi connectivity index (χ4v) is 3.38. The quantitative estimate of drug-likeness (QED) is 0.756. The van der Waals surface area contributed by atoms with Crippen LogP contribution in [0.5, 0.6) is 0 Å². The third kappa shape index (κ3) is 3.72. The number of carbonyl (C=O) groups is 1. The summed E-state index contributed by atoms with van der Waals surface area (Å²) in [5.41, 5.74) is 1.96. The molecular weight excluding hydrogens is 306 g/mol. The molecule has 0 unspecified atom stereocenters. The van der Waals surface area contributed by atoms with Gasteiger partial charge in [0.05, 0.1) is 5.69 Å². The van der Waals surface area contributed by atoms with Crippen molar-refractivity contribution in [3.05, 3.63) is 46.5 Å². The molecule has 1 aliphatic rings. The van der Waals surface area contributed by atoms with E-state index in [-0.39, 0.29) is 5.91 Å². The fraction of sp³-hybridized carbons (Fsp3) is 0.333. The molecule has 1 aliphatic heterocycles. The Labute approximate surface area is 140 Å². The molecule has 0 bridgehead atoms. The third-order valence-electron chi connectivity index (χ3n) is 3.94. The van der Waals surface area contributed by atoms with Gasteiger partial charge in [-0.1, -0.05) is 24.1 Å². The first-order valence-corrected chi connectivity index (χ1v) is 8.50. The molecule has 0 atom stereocenters. The Kier molecular flexibility index (Phi) is 4.63. The van der Waals surface area contributed by atoms with Gasteiger partial charge in [0.2, 0.25) is 0 Å². The maximum absolute atomic E-state index is 12.2. The number of hydrogen-bond acceptors (Lipinski definition) is 4. The van der Waals surface area contributed by atoms with Gasteiger partial charge >= 0.3 is 0 Å². The van der Waals surface area contributed by atoms with Gasteiger partial charge in [0.1, 0.15) is 0 Å². The lowest BCUT2D eigenvalue weighted by Gasteiger charge is -2.33. The van der Waals surface area contributed by atoms with Crippen LogP contribution in [0.4, 0.5) is 5.13 Å². The van der Waals surface area contributed by atoms with Gasteiger partial charge in [0.15, 0.2) is 5.13 Å². The number of benzene rings is 1. The molecule has 0 N–H and O–H groups in total. The highest BCUT2D eigenvalue weighted by atomic mass is 32.1. The lowest BCUT2D eigenvalue weighted by atomic mass is 10.2. The molecule has 23 heavy (non-hydrogen) atoms. The van der Waals surface area contributed by atoms with E-state index in [2.05, 4.69) is 28.6 Å². The Morgan fingerprint density at radius 2 is 1.83 bits per heavy atom. The second-order valence-electron chi connectivity index (χ2n) is 5.53. The van der Waals surface area contributed by atoms with Crippen molar-refractivity contribution < 1.29 is 4.79 Å². The zero-order chi connectivity index (χ0) is 16.2. The number of aromatic nitrogens is 1. The van der Waals surface area contributed by atoms with E-state index in [1.165, 1.54) is 4.88 Å². The fourth-order valence-electron chi connectivity index (χ4n) is 2.42. The molecular formula is C18H19N3OS. The molecule has 1 amide bonds. The first-order valence-electron chi connectivity index (χ1n) is 7.68. The number of anilines is 1. The summed E-state index contributed by atoms with van der Waals surface area (Å²) in [6.45, 7) is 7.14. The lowest BCUT2D eigenvalue weighted by molar-refractivity contribution is -0.125. The average Bonchev–Trinajstić information content (AvgIpc) is 2.93. The van der Waals surface area contributed by atoms with Crippen LogP contribution < -0.4 is 4.90 Å². The highest BCUT2D eigenvalue weighted by Gasteiger charge is 2.22. The predicted octanol–water partition coefficient (Wildman–Crippen LogP) is 2.46. The van der Waals surface area contributed by atoms with Crippen molar-refractivity contribution in [2.45, 2.75) is 13.8 Å².